The van der Waals surface area contributed by atoms with Crippen molar-refractivity contribution in [3.8, 4) is 0 Å². The Morgan fingerprint density at radius 3 is 2.20 bits per heavy atom. The summed E-state index contributed by atoms with van der Waals surface area (Å²) in [6, 6.07) is 0. The highest BCUT2D eigenvalue weighted by Crippen LogP contribution is 2.43. The van der Waals surface area contributed by atoms with Crippen molar-refractivity contribution in [3.05, 3.63) is 0 Å². The Bertz CT molecular complexity index is 295. The predicted octanol–water partition coefficient (Wildman–Crippen LogP) is 4.13. The molecule has 0 aliphatic carbocycles. The molecule has 0 aromatic carbocycles. The van der Waals surface area contributed by atoms with Crippen LogP contribution < -0.4 is 0 Å². The fourth-order valence-electron chi connectivity index (χ4n) is 1.58. The summed E-state index contributed by atoms with van der Waals surface area (Å²) in [5.74, 6) is -0.645. The number of phosphoric acid groups is 1. The van der Waals surface area contributed by atoms with E-state index in [-0.39, 0.29) is 13.0 Å². The number of hydrogen-bond donors (Lipinski definition) is 1. The van der Waals surface area contributed by atoms with Crippen molar-refractivity contribution in [2.75, 3.05) is 6.61 Å². The van der Waals surface area contributed by atoms with Crippen molar-refractivity contribution in [2.45, 2.75) is 71.6 Å². The lowest BCUT2D eigenvalue weighted by Gasteiger charge is -2.09. The zero-order valence-corrected chi connectivity index (χ0v) is 13.4. The minimum Gasteiger partial charge on any atom is -0.300 e. The quantitative estimate of drug-likeness (QED) is 0.238. The maximum absolute atomic E-state index is 11.3. The third kappa shape index (κ3) is 12.6. The van der Waals surface area contributed by atoms with Crippen LogP contribution >= 0.6 is 7.82 Å². The molecular weight excluding hydrogens is 283 g/mol. The van der Waals surface area contributed by atoms with E-state index in [9.17, 15) is 9.36 Å². The Hall–Kier alpha value is -0.420. The van der Waals surface area contributed by atoms with Crippen LogP contribution in [0.4, 0.5) is 0 Å². The summed E-state index contributed by atoms with van der Waals surface area (Å²) in [5.41, 5.74) is 0. The van der Waals surface area contributed by atoms with Crippen LogP contribution in [-0.2, 0) is 23.4 Å². The summed E-state index contributed by atoms with van der Waals surface area (Å²) >= 11 is 0. The normalized spacial score (nSPS) is 13.9. The molecule has 6 nitrogen and oxygen atoms in total. The molecular formula is C13H27O6P. The van der Waals surface area contributed by atoms with Crippen LogP contribution in [0.2, 0.25) is 0 Å². The first kappa shape index (κ1) is 19.6. The summed E-state index contributed by atoms with van der Waals surface area (Å²) in [6.07, 6.45) is 8.35. The van der Waals surface area contributed by atoms with E-state index in [1.165, 1.54) is 25.7 Å². The summed E-state index contributed by atoms with van der Waals surface area (Å²) in [7, 11) is -4.26. The largest absolute Gasteiger partial charge is 0.508 e. The monoisotopic (exact) mass is 310 g/mol. The van der Waals surface area contributed by atoms with E-state index in [1.807, 2.05) is 0 Å². The molecule has 0 bridgehead atoms. The lowest BCUT2D eigenvalue weighted by atomic mass is 10.1. The van der Waals surface area contributed by atoms with Gasteiger partial charge in [0.2, 0.25) is 0 Å². The highest BCUT2D eigenvalue weighted by molar-refractivity contribution is 7.47. The molecule has 0 aliphatic rings. The van der Waals surface area contributed by atoms with Crippen molar-refractivity contribution < 1.29 is 28.3 Å². The van der Waals surface area contributed by atoms with Crippen molar-refractivity contribution >= 4 is 13.8 Å². The van der Waals surface area contributed by atoms with Gasteiger partial charge in [0.05, 0.1) is 6.61 Å². The Labute approximate surface area is 121 Å². The van der Waals surface area contributed by atoms with E-state index in [4.69, 9.17) is 4.89 Å². The van der Waals surface area contributed by atoms with E-state index < -0.39 is 13.8 Å². The molecule has 0 aliphatic heterocycles. The molecule has 0 saturated carbocycles. The van der Waals surface area contributed by atoms with Gasteiger partial charge in [0.15, 0.2) is 0 Å². The Kier molecular flexibility index (Phi) is 12.1. The molecule has 0 rings (SSSR count). The van der Waals surface area contributed by atoms with Gasteiger partial charge in [-0.15, -0.1) is 0 Å². The summed E-state index contributed by atoms with van der Waals surface area (Å²) < 4.78 is 19.9. The van der Waals surface area contributed by atoms with Crippen molar-refractivity contribution in [1.82, 2.24) is 0 Å². The van der Waals surface area contributed by atoms with Crippen LogP contribution in [0.25, 0.3) is 0 Å². The van der Waals surface area contributed by atoms with Crippen molar-refractivity contribution in [3.63, 3.8) is 0 Å². The Morgan fingerprint density at radius 2 is 1.60 bits per heavy atom. The SMILES string of the molecule is CCCCCCCCCC(=O)OOP(=O)(O)OCCC. The molecule has 0 saturated heterocycles. The first-order valence-corrected chi connectivity index (χ1v) is 8.87. The van der Waals surface area contributed by atoms with E-state index in [0.717, 1.165) is 12.8 Å². The molecule has 0 radical (unpaired) electrons. The van der Waals surface area contributed by atoms with E-state index >= 15 is 0 Å². The fraction of sp³-hybridized carbons (Fsp3) is 0.923. The minimum atomic E-state index is -4.26. The van der Waals surface area contributed by atoms with Gasteiger partial charge in [-0.25, -0.2) is 9.36 Å². The standard InChI is InChI=1S/C13H27O6P/c1-3-5-6-7-8-9-10-11-13(14)18-19-20(15,16)17-12-4-2/h3-12H2,1-2H3,(H,15,16). The highest BCUT2D eigenvalue weighted by atomic mass is 31.2. The topological polar surface area (TPSA) is 82.1 Å². The first-order valence-electron chi connectivity index (χ1n) is 7.38. The molecule has 1 N–H and O–H groups in total. The van der Waals surface area contributed by atoms with Gasteiger partial charge in [-0.3, -0.25) is 9.41 Å². The number of carbonyl (C=O) groups excluding carboxylic acids is 1. The lowest BCUT2D eigenvalue weighted by molar-refractivity contribution is -0.223. The van der Waals surface area contributed by atoms with E-state index in [1.54, 1.807) is 6.92 Å². The molecule has 1 atom stereocenters. The van der Waals surface area contributed by atoms with Crippen molar-refractivity contribution in [2.24, 2.45) is 0 Å². The van der Waals surface area contributed by atoms with Crippen molar-refractivity contribution in [1.29, 1.82) is 0 Å². The van der Waals surface area contributed by atoms with Gasteiger partial charge in [-0.2, -0.15) is 0 Å². The summed E-state index contributed by atoms with van der Waals surface area (Å²) in [6.45, 7) is 4.02. The highest BCUT2D eigenvalue weighted by Gasteiger charge is 2.24. The average Bonchev–Trinajstić information content (AvgIpc) is 2.42. The first-order chi connectivity index (χ1) is 9.52. The molecule has 7 heteroatoms. The Balaban J connectivity index is 3.52. The van der Waals surface area contributed by atoms with Crippen LogP contribution in [0, 0.1) is 0 Å². The van der Waals surface area contributed by atoms with E-state index in [2.05, 4.69) is 21.0 Å². The molecule has 0 aromatic rings. The maximum Gasteiger partial charge on any atom is 0.508 e. The van der Waals surface area contributed by atoms with Gasteiger partial charge in [-0.05, 0) is 12.8 Å². The second-order valence-corrected chi connectivity index (χ2v) is 6.05. The van der Waals surface area contributed by atoms with Gasteiger partial charge in [0, 0.05) is 6.42 Å². The third-order valence-electron chi connectivity index (χ3n) is 2.67. The molecule has 0 aromatic heterocycles. The minimum absolute atomic E-state index is 0.0725. The zero-order chi connectivity index (χ0) is 15.3. The zero-order valence-electron chi connectivity index (χ0n) is 12.5. The van der Waals surface area contributed by atoms with Crippen LogP contribution in [0.1, 0.15) is 71.6 Å². The van der Waals surface area contributed by atoms with Crippen LogP contribution in [0.15, 0.2) is 0 Å². The van der Waals surface area contributed by atoms with Gasteiger partial charge < -0.3 is 4.89 Å². The number of rotatable bonds is 13. The number of carbonyl (C=O) groups is 1. The second-order valence-electron chi connectivity index (χ2n) is 4.70. The average molecular weight is 310 g/mol. The lowest BCUT2D eigenvalue weighted by Crippen LogP contribution is -2.05. The molecule has 20 heavy (non-hydrogen) atoms. The van der Waals surface area contributed by atoms with Gasteiger partial charge in [0.1, 0.15) is 0 Å². The molecule has 0 spiro atoms. The van der Waals surface area contributed by atoms with E-state index in [0.29, 0.717) is 12.8 Å². The molecule has 0 fully saturated rings. The third-order valence-corrected chi connectivity index (χ3v) is 3.44. The summed E-state index contributed by atoms with van der Waals surface area (Å²) in [4.78, 5) is 24.7. The Morgan fingerprint density at radius 1 is 1.00 bits per heavy atom. The second kappa shape index (κ2) is 12.3. The molecule has 120 valence electrons. The van der Waals surface area contributed by atoms with Gasteiger partial charge in [-0.1, -0.05) is 57.0 Å². The van der Waals surface area contributed by atoms with Crippen LogP contribution in [-0.4, -0.2) is 17.5 Å². The predicted molar refractivity (Wildman–Crippen MR) is 75.9 cm³/mol. The summed E-state index contributed by atoms with van der Waals surface area (Å²) in [5, 5.41) is 0. The molecule has 0 heterocycles. The van der Waals surface area contributed by atoms with Gasteiger partial charge >= 0.3 is 13.8 Å². The smallest absolute Gasteiger partial charge is 0.300 e. The van der Waals surface area contributed by atoms with Crippen LogP contribution in [0.3, 0.4) is 0 Å². The fourth-order valence-corrected chi connectivity index (χ4v) is 2.22. The maximum atomic E-state index is 11.3. The number of hydrogen-bond acceptors (Lipinski definition) is 5. The van der Waals surface area contributed by atoms with Gasteiger partial charge in [0.25, 0.3) is 0 Å². The number of phosphoric ester groups is 1. The molecule has 0 amide bonds. The number of unbranched alkanes of at least 4 members (excludes halogenated alkanes) is 6. The molecule has 1 unspecified atom stereocenters. The van der Waals surface area contributed by atoms with Crippen LogP contribution in [0.5, 0.6) is 0 Å².